The molecule has 2 atom stereocenters. The second-order valence-electron chi connectivity index (χ2n) is 12.0. The number of amides is 1. The van der Waals surface area contributed by atoms with E-state index in [1.54, 1.807) is 7.11 Å². The molecule has 4 aliphatic rings. The van der Waals surface area contributed by atoms with E-state index in [0.717, 1.165) is 64.7 Å². The summed E-state index contributed by atoms with van der Waals surface area (Å²) >= 11 is 0. The van der Waals surface area contributed by atoms with Crippen molar-refractivity contribution in [3.8, 4) is 17.0 Å². The van der Waals surface area contributed by atoms with Crippen molar-refractivity contribution in [2.24, 2.45) is 0 Å². The Hall–Kier alpha value is -3.84. The van der Waals surface area contributed by atoms with Gasteiger partial charge in [0.2, 0.25) is 5.91 Å². The van der Waals surface area contributed by atoms with Crippen molar-refractivity contribution in [1.82, 2.24) is 15.1 Å². The van der Waals surface area contributed by atoms with E-state index in [1.807, 2.05) is 18.2 Å². The van der Waals surface area contributed by atoms with Crippen LogP contribution < -0.4 is 15.0 Å². The van der Waals surface area contributed by atoms with E-state index in [9.17, 15) is 4.79 Å². The first kappa shape index (κ1) is 24.0. The number of hydrogen-bond acceptors (Lipinski definition) is 5. The molecule has 1 aromatic heterocycles. The first-order chi connectivity index (χ1) is 19.6. The topological polar surface area (TPSA) is 73.5 Å². The fraction of sp³-hybridized carbons (Fsp3) is 0.394. The standard InChI is InChI=1S/C33H35N5O2/c1-40-25-11-13-29-27(19-25)33(32(39)34-29)20-28(33)22-8-12-26-30(18-22)35-36-31(26)21-6-9-24(10-7-21)38-16-14-37(15-17-38)23-4-2-3-5-23/h6-13,18-19,23,28H,2-5,14-17,20H2,1H3,(H,34,39)(H,35,36)/t28-,33-/m0/s1. The van der Waals surface area contributed by atoms with Crippen LogP contribution in [-0.4, -0.2) is 60.3 Å². The van der Waals surface area contributed by atoms with Crippen molar-refractivity contribution in [1.29, 1.82) is 0 Å². The molecule has 1 saturated heterocycles. The molecule has 0 radical (unpaired) electrons. The summed E-state index contributed by atoms with van der Waals surface area (Å²) in [6.45, 7) is 4.54. The fourth-order valence-corrected chi connectivity index (χ4v) is 7.62. The molecule has 3 fully saturated rings. The molecule has 2 N–H and O–H groups in total. The zero-order valence-corrected chi connectivity index (χ0v) is 23.0. The number of methoxy groups -OCH3 is 1. The fourth-order valence-electron chi connectivity index (χ4n) is 7.62. The van der Waals surface area contributed by atoms with Gasteiger partial charge in [-0.05, 0) is 66.8 Å². The highest BCUT2D eigenvalue weighted by molar-refractivity contribution is 6.10. The second kappa shape index (κ2) is 9.10. The summed E-state index contributed by atoms with van der Waals surface area (Å²) in [7, 11) is 1.66. The van der Waals surface area contributed by atoms with Crippen LogP contribution in [0.3, 0.4) is 0 Å². The lowest BCUT2D eigenvalue weighted by Crippen LogP contribution is -2.49. The largest absolute Gasteiger partial charge is 0.497 e. The molecule has 2 aliphatic carbocycles. The molecule has 204 valence electrons. The van der Waals surface area contributed by atoms with E-state index in [-0.39, 0.29) is 11.8 Å². The third-order valence-electron chi connectivity index (χ3n) is 9.97. The Morgan fingerprint density at radius 3 is 2.52 bits per heavy atom. The molecule has 7 heteroatoms. The molecule has 2 aliphatic heterocycles. The average molecular weight is 534 g/mol. The molecule has 7 nitrogen and oxygen atoms in total. The number of aromatic amines is 1. The number of rotatable bonds is 5. The normalized spacial score (nSPS) is 24.6. The number of carbonyl (C=O) groups is 1. The van der Waals surface area contributed by atoms with E-state index in [4.69, 9.17) is 9.84 Å². The first-order valence-corrected chi connectivity index (χ1v) is 14.7. The summed E-state index contributed by atoms with van der Waals surface area (Å²) in [4.78, 5) is 18.3. The van der Waals surface area contributed by atoms with Gasteiger partial charge in [0.25, 0.3) is 0 Å². The Kier molecular flexibility index (Phi) is 5.46. The third-order valence-corrected chi connectivity index (χ3v) is 9.97. The highest BCUT2D eigenvalue weighted by Crippen LogP contribution is 2.65. The van der Waals surface area contributed by atoms with Gasteiger partial charge in [0.15, 0.2) is 0 Å². The molecule has 1 spiro atoms. The van der Waals surface area contributed by atoms with Crippen molar-refractivity contribution >= 4 is 28.2 Å². The number of H-pyrrole nitrogens is 1. The Balaban J connectivity index is 1.00. The van der Waals surface area contributed by atoms with Gasteiger partial charge in [-0.3, -0.25) is 14.8 Å². The van der Waals surface area contributed by atoms with Crippen molar-refractivity contribution in [3.05, 3.63) is 71.8 Å². The van der Waals surface area contributed by atoms with Gasteiger partial charge in [-0.25, -0.2) is 0 Å². The average Bonchev–Trinajstić information content (AvgIpc) is 3.28. The number of aromatic nitrogens is 2. The molecule has 0 bridgehead atoms. The van der Waals surface area contributed by atoms with Crippen molar-refractivity contribution in [3.63, 3.8) is 0 Å². The van der Waals surface area contributed by atoms with E-state index in [1.165, 1.54) is 50.0 Å². The number of nitrogens with zero attached hydrogens (tertiary/aromatic N) is 3. The van der Waals surface area contributed by atoms with Gasteiger partial charge in [0.1, 0.15) is 5.75 Å². The highest BCUT2D eigenvalue weighted by atomic mass is 16.5. The number of anilines is 2. The predicted molar refractivity (Wildman–Crippen MR) is 158 cm³/mol. The first-order valence-electron chi connectivity index (χ1n) is 14.7. The zero-order valence-electron chi connectivity index (χ0n) is 23.0. The molecule has 3 aromatic carbocycles. The van der Waals surface area contributed by atoms with Crippen LogP contribution in [-0.2, 0) is 10.2 Å². The van der Waals surface area contributed by atoms with Gasteiger partial charge in [0.05, 0.1) is 23.7 Å². The van der Waals surface area contributed by atoms with Crippen molar-refractivity contribution in [2.45, 2.75) is 49.5 Å². The Morgan fingerprint density at radius 1 is 0.950 bits per heavy atom. The Bertz CT molecular complexity index is 1600. The van der Waals surface area contributed by atoms with E-state index >= 15 is 0 Å². The minimum atomic E-state index is -0.501. The Morgan fingerprint density at radius 2 is 1.75 bits per heavy atom. The molecular weight excluding hydrogens is 498 g/mol. The summed E-state index contributed by atoms with van der Waals surface area (Å²) in [5, 5.41) is 12.2. The van der Waals surface area contributed by atoms with Crippen molar-refractivity contribution < 1.29 is 9.53 Å². The lowest BCUT2D eigenvalue weighted by Gasteiger charge is -2.39. The molecular formula is C33H35N5O2. The van der Waals surface area contributed by atoms with E-state index < -0.39 is 5.41 Å². The predicted octanol–water partition coefficient (Wildman–Crippen LogP) is 5.68. The maximum Gasteiger partial charge on any atom is 0.235 e. The molecule has 4 aromatic rings. The second-order valence-corrected chi connectivity index (χ2v) is 12.0. The number of ether oxygens (including phenoxy) is 1. The number of fused-ring (bicyclic) bond motifs is 3. The summed E-state index contributed by atoms with van der Waals surface area (Å²) < 4.78 is 5.45. The lowest BCUT2D eigenvalue weighted by atomic mass is 9.91. The van der Waals surface area contributed by atoms with Gasteiger partial charge in [0, 0.05) is 60.5 Å². The van der Waals surface area contributed by atoms with Gasteiger partial charge in [-0.2, -0.15) is 5.10 Å². The molecule has 40 heavy (non-hydrogen) atoms. The number of hydrogen-bond donors (Lipinski definition) is 2. The van der Waals surface area contributed by atoms with Crippen LogP contribution in [0.5, 0.6) is 5.75 Å². The van der Waals surface area contributed by atoms with Crippen LogP contribution in [0.25, 0.3) is 22.2 Å². The smallest absolute Gasteiger partial charge is 0.235 e. The van der Waals surface area contributed by atoms with Crippen LogP contribution in [0, 0.1) is 0 Å². The summed E-state index contributed by atoms with van der Waals surface area (Å²) in [6.07, 6.45) is 6.38. The van der Waals surface area contributed by atoms with Crippen LogP contribution in [0.15, 0.2) is 60.7 Å². The zero-order chi connectivity index (χ0) is 26.8. The monoisotopic (exact) mass is 533 g/mol. The van der Waals surface area contributed by atoms with E-state index in [0.29, 0.717) is 0 Å². The Labute approximate surface area is 234 Å². The highest BCUT2D eigenvalue weighted by Gasteiger charge is 2.65. The summed E-state index contributed by atoms with van der Waals surface area (Å²) in [5.74, 6) is 1.02. The minimum Gasteiger partial charge on any atom is -0.497 e. The maximum absolute atomic E-state index is 13.1. The van der Waals surface area contributed by atoms with Gasteiger partial charge in [-0.1, -0.05) is 37.1 Å². The number of nitrogens with one attached hydrogen (secondary N) is 2. The lowest BCUT2D eigenvalue weighted by molar-refractivity contribution is -0.118. The molecule has 2 saturated carbocycles. The minimum absolute atomic E-state index is 0.0891. The summed E-state index contributed by atoms with van der Waals surface area (Å²) in [6, 6.07) is 22.1. The molecule has 3 heterocycles. The van der Waals surface area contributed by atoms with Gasteiger partial charge < -0.3 is 15.0 Å². The van der Waals surface area contributed by atoms with Crippen LogP contribution >= 0.6 is 0 Å². The SMILES string of the molecule is COc1ccc2c(c1)[C@]1(C[C@H]1c1ccc3c(-c4ccc(N5CCN(C6CCCC6)CC5)cc4)n[nH]c3c1)C(=O)N2. The summed E-state index contributed by atoms with van der Waals surface area (Å²) in [5.41, 5.74) is 7.00. The molecule has 8 rings (SSSR count). The number of benzene rings is 3. The number of piperazine rings is 1. The van der Waals surface area contributed by atoms with Crippen LogP contribution in [0.4, 0.5) is 11.4 Å². The van der Waals surface area contributed by atoms with Crippen molar-refractivity contribution in [2.75, 3.05) is 43.5 Å². The molecule has 1 amide bonds. The maximum atomic E-state index is 13.1. The molecule has 0 unspecified atom stereocenters. The third kappa shape index (κ3) is 3.67. The number of carbonyl (C=O) groups excluding carboxylic acids is 1. The quantitative estimate of drug-likeness (QED) is 0.345. The van der Waals surface area contributed by atoms with Crippen LogP contribution in [0.1, 0.15) is 49.1 Å². The van der Waals surface area contributed by atoms with Gasteiger partial charge in [-0.15, -0.1) is 0 Å². The van der Waals surface area contributed by atoms with Crippen LogP contribution in [0.2, 0.25) is 0 Å². The van der Waals surface area contributed by atoms with Gasteiger partial charge >= 0.3 is 0 Å². The van der Waals surface area contributed by atoms with E-state index in [2.05, 4.69) is 62.7 Å².